The Morgan fingerprint density at radius 1 is 1.24 bits per heavy atom. The van der Waals surface area contributed by atoms with Crippen LogP contribution in [0.3, 0.4) is 0 Å². The highest BCUT2D eigenvalue weighted by Gasteiger charge is 2.52. The molecule has 0 aliphatic carbocycles. The van der Waals surface area contributed by atoms with Crippen molar-refractivity contribution in [1.82, 2.24) is 10.2 Å². The molecule has 2 heterocycles. The van der Waals surface area contributed by atoms with Crippen LogP contribution in [0.5, 0.6) is 0 Å². The Bertz CT molecular complexity index is 1470. The van der Waals surface area contributed by atoms with Crippen molar-refractivity contribution in [3.8, 4) is 6.07 Å². The summed E-state index contributed by atoms with van der Waals surface area (Å²) >= 11 is 5.63. The van der Waals surface area contributed by atoms with Crippen LogP contribution in [0.1, 0.15) is 51.9 Å². The van der Waals surface area contributed by atoms with E-state index in [0.717, 1.165) is 0 Å². The number of likely N-dealkylation sites (tertiary alicyclic amines) is 1. The van der Waals surface area contributed by atoms with E-state index >= 15 is 0 Å². The van der Waals surface area contributed by atoms with E-state index in [0.29, 0.717) is 18.5 Å². The maximum atomic E-state index is 15.0. The van der Waals surface area contributed by atoms with Gasteiger partial charge < -0.3 is 15.1 Å². The molecule has 2 atom stereocenters. The molecule has 1 saturated heterocycles. The summed E-state index contributed by atoms with van der Waals surface area (Å²) < 4.78 is 95.9. The van der Waals surface area contributed by atoms with Crippen molar-refractivity contribution in [2.45, 2.75) is 50.2 Å². The van der Waals surface area contributed by atoms with Gasteiger partial charge in [0.15, 0.2) is 5.60 Å². The summed E-state index contributed by atoms with van der Waals surface area (Å²) in [5, 5.41) is 14.0. The second-order valence-electron chi connectivity index (χ2n) is 9.67. The fourth-order valence-electron chi connectivity index (χ4n) is 4.82. The number of carbonyl (C=O) groups excluding carboxylic acids is 2. The van der Waals surface area contributed by atoms with Crippen LogP contribution in [0.15, 0.2) is 35.5 Å². The van der Waals surface area contributed by atoms with Gasteiger partial charge in [0.05, 0.1) is 28.8 Å². The largest absolute Gasteiger partial charge is 0.416 e. The molecule has 1 fully saturated rings. The summed E-state index contributed by atoms with van der Waals surface area (Å²) in [6.45, 7) is 1.70. The lowest BCUT2D eigenvalue weighted by Gasteiger charge is -2.29. The molecule has 0 spiro atoms. The van der Waals surface area contributed by atoms with Gasteiger partial charge in [0.2, 0.25) is 5.91 Å². The minimum atomic E-state index is -5.03. The minimum Gasteiger partial charge on any atom is -0.383 e. The molecule has 0 aromatic heterocycles. The Balaban J connectivity index is 1.61. The number of amides is 2. The molecular weight excluding hydrogens is 585 g/mol. The number of nitriles is 1. The van der Waals surface area contributed by atoms with Crippen molar-refractivity contribution in [2.24, 2.45) is 5.16 Å². The third-order valence-electron chi connectivity index (χ3n) is 6.78. The number of rotatable bonds is 6. The van der Waals surface area contributed by atoms with Crippen molar-refractivity contribution in [3.05, 3.63) is 69.0 Å². The Kier molecular flexibility index (Phi) is 7.97. The summed E-state index contributed by atoms with van der Waals surface area (Å²) in [5.74, 6) is -2.52. The first-order valence-electron chi connectivity index (χ1n) is 12.0. The van der Waals surface area contributed by atoms with Crippen LogP contribution < -0.4 is 5.32 Å². The summed E-state index contributed by atoms with van der Waals surface area (Å²) in [7, 11) is 0. The van der Waals surface area contributed by atoms with E-state index in [-0.39, 0.29) is 35.5 Å². The number of alkyl halides is 6. The number of carbonyl (C=O) groups is 2. The minimum absolute atomic E-state index is 0.116. The number of halogens is 8. The Morgan fingerprint density at radius 2 is 1.95 bits per heavy atom. The van der Waals surface area contributed by atoms with Gasteiger partial charge in [0.25, 0.3) is 5.91 Å². The highest BCUT2D eigenvalue weighted by Crippen LogP contribution is 2.48. The second kappa shape index (κ2) is 10.8. The third-order valence-corrected chi connectivity index (χ3v) is 7.06. The topological polar surface area (TPSA) is 94.8 Å². The maximum Gasteiger partial charge on any atom is 0.416 e. The zero-order chi connectivity index (χ0) is 30.3. The predicted molar refractivity (Wildman–Crippen MR) is 130 cm³/mol. The molecule has 218 valence electrons. The highest BCUT2D eigenvalue weighted by molar-refractivity contribution is 6.30. The zero-order valence-electron chi connectivity index (χ0n) is 21.1. The lowest BCUT2D eigenvalue weighted by molar-refractivity contribution is -0.187. The standard InChI is InChI=1S/C26H20ClF7N4O3/c1-13-8-14(2-3-16(13)22(39)36-19-4-6-38(7-5-35)23(19)40)20-11-24(41-37-20,12-25(29,30)31)17-9-15(26(32,33)34)10-18(27)21(17)28/h2-3,8-10,19H,4,6-7,11-12H2,1H3,(H,36,39)/t19-,24?/m1/s1. The van der Waals surface area contributed by atoms with Gasteiger partial charge in [0, 0.05) is 24.1 Å². The van der Waals surface area contributed by atoms with Gasteiger partial charge in [-0.25, -0.2) is 4.39 Å². The normalized spacial score (nSPS) is 21.0. The predicted octanol–water partition coefficient (Wildman–Crippen LogP) is 5.63. The Morgan fingerprint density at radius 3 is 2.56 bits per heavy atom. The van der Waals surface area contributed by atoms with E-state index in [1.54, 1.807) is 0 Å². The Labute approximate surface area is 233 Å². The molecule has 0 bridgehead atoms. The van der Waals surface area contributed by atoms with Gasteiger partial charge >= 0.3 is 12.4 Å². The number of benzene rings is 2. The molecule has 2 amide bonds. The molecule has 0 radical (unpaired) electrons. The average molecular weight is 605 g/mol. The lowest BCUT2D eigenvalue weighted by atomic mass is 9.83. The van der Waals surface area contributed by atoms with Gasteiger partial charge in [-0.2, -0.15) is 31.6 Å². The van der Waals surface area contributed by atoms with E-state index in [1.807, 2.05) is 6.07 Å². The van der Waals surface area contributed by atoms with Gasteiger partial charge in [-0.3, -0.25) is 9.59 Å². The fraction of sp³-hybridized carbons (Fsp3) is 0.385. The first kappa shape index (κ1) is 30.1. The molecule has 1 unspecified atom stereocenters. The summed E-state index contributed by atoms with van der Waals surface area (Å²) in [6, 6.07) is 5.59. The first-order valence-corrected chi connectivity index (χ1v) is 12.4. The van der Waals surface area contributed by atoms with Gasteiger partial charge in [-0.1, -0.05) is 22.8 Å². The monoisotopic (exact) mass is 604 g/mol. The average Bonchev–Trinajstić information content (AvgIpc) is 3.43. The van der Waals surface area contributed by atoms with E-state index in [4.69, 9.17) is 21.7 Å². The van der Waals surface area contributed by atoms with Crippen molar-refractivity contribution >= 4 is 29.1 Å². The van der Waals surface area contributed by atoms with Crippen molar-refractivity contribution in [2.75, 3.05) is 13.1 Å². The molecule has 2 aromatic rings. The van der Waals surface area contributed by atoms with E-state index in [1.165, 1.54) is 30.0 Å². The van der Waals surface area contributed by atoms with Gasteiger partial charge in [0.1, 0.15) is 18.4 Å². The van der Waals surface area contributed by atoms with Crippen LogP contribution in [0.4, 0.5) is 30.7 Å². The van der Waals surface area contributed by atoms with Crippen molar-refractivity contribution < 1.29 is 45.2 Å². The number of hydrogen-bond donors (Lipinski definition) is 1. The fourth-order valence-corrected chi connectivity index (χ4v) is 5.04. The zero-order valence-corrected chi connectivity index (χ0v) is 21.8. The maximum absolute atomic E-state index is 15.0. The number of aryl methyl sites for hydroxylation is 1. The molecule has 2 aliphatic heterocycles. The molecule has 4 rings (SSSR count). The summed E-state index contributed by atoms with van der Waals surface area (Å²) in [6.07, 6.45) is -12.3. The number of nitrogens with zero attached hydrogens (tertiary/aromatic N) is 3. The lowest BCUT2D eigenvalue weighted by Crippen LogP contribution is -2.41. The van der Waals surface area contributed by atoms with Crippen LogP contribution in [0.25, 0.3) is 0 Å². The van der Waals surface area contributed by atoms with Gasteiger partial charge in [-0.15, -0.1) is 0 Å². The SMILES string of the molecule is Cc1cc(C2=NOC(CC(F)(F)F)(c3cc(C(F)(F)F)cc(Cl)c3F)C2)ccc1C(=O)N[C@@H]1CCN(CC#N)C1=O. The van der Waals surface area contributed by atoms with Crippen molar-refractivity contribution in [3.63, 3.8) is 0 Å². The number of nitrogens with one attached hydrogen (secondary N) is 1. The molecule has 15 heteroatoms. The molecule has 2 aliphatic rings. The molecule has 41 heavy (non-hydrogen) atoms. The molecule has 0 saturated carbocycles. The van der Waals surface area contributed by atoms with Crippen LogP contribution in [0, 0.1) is 24.1 Å². The quantitative estimate of drug-likeness (QED) is 0.341. The molecule has 1 N–H and O–H groups in total. The number of oxime groups is 1. The number of hydrogen-bond acceptors (Lipinski definition) is 5. The summed E-state index contributed by atoms with van der Waals surface area (Å²) in [5.41, 5.74) is -4.66. The highest BCUT2D eigenvalue weighted by atomic mass is 35.5. The van der Waals surface area contributed by atoms with Gasteiger partial charge in [-0.05, 0) is 48.7 Å². The van der Waals surface area contributed by atoms with E-state index in [9.17, 15) is 40.3 Å². The van der Waals surface area contributed by atoms with Crippen LogP contribution in [0.2, 0.25) is 5.02 Å². The Hall–Kier alpha value is -3.86. The van der Waals surface area contributed by atoms with E-state index in [2.05, 4.69) is 10.5 Å². The molecular formula is C26H20ClF7N4O3. The summed E-state index contributed by atoms with van der Waals surface area (Å²) in [4.78, 5) is 31.5. The van der Waals surface area contributed by atoms with Crippen molar-refractivity contribution in [1.29, 1.82) is 5.26 Å². The third kappa shape index (κ3) is 6.24. The second-order valence-corrected chi connectivity index (χ2v) is 10.1. The smallest absolute Gasteiger partial charge is 0.383 e. The van der Waals surface area contributed by atoms with E-state index < -0.39 is 70.6 Å². The first-order chi connectivity index (χ1) is 19.0. The van der Waals surface area contributed by atoms with Crippen LogP contribution >= 0.6 is 11.6 Å². The van der Waals surface area contributed by atoms with Crippen LogP contribution in [-0.2, 0) is 21.4 Å². The molecule has 7 nitrogen and oxygen atoms in total. The van der Waals surface area contributed by atoms with Crippen LogP contribution in [-0.4, -0.2) is 47.7 Å². The molecule has 2 aromatic carbocycles.